The monoisotopic (exact) mass is 637 g/mol. The number of piperazine rings is 1. The number of carbonyl (C=O) groups is 1. The second-order valence-corrected chi connectivity index (χ2v) is 10.4. The summed E-state index contributed by atoms with van der Waals surface area (Å²) >= 11 is 0. The summed E-state index contributed by atoms with van der Waals surface area (Å²) in [6.07, 6.45) is -4.68. The number of alkyl halides is 3. The molecule has 0 spiro atoms. The lowest BCUT2D eigenvalue weighted by Crippen LogP contribution is -2.47. The molecule has 6 rings (SSSR count). The van der Waals surface area contributed by atoms with Gasteiger partial charge in [0.2, 0.25) is 0 Å². The molecule has 4 aromatic rings. The van der Waals surface area contributed by atoms with Crippen molar-refractivity contribution in [3.05, 3.63) is 77.5 Å². The number of anilines is 1. The first-order chi connectivity index (χ1) is 19.7. The van der Waals surface area contributed by atoms with E-state index in [1.807, 2.05) is 25.1 Å². The second kappa shape index (κ2) is 13.0. The van der Waals surface area contributed by atoms with Gasteiger partial charge in [0, 0.05) is 49.5 Å². The maximum absolute atomic E-state index is 12.9. The van der Waals surface area contributed by atoms with Gasteiger partial charge in [-0.05, 0) is 56.2 Å². The summed E-state index contributed by atoms with van der Waals surface area (Å²) in [6.45, 7) is 7.35. The zero-order valence-electron chi connectivity index (χ0n) is 23.6. The summed E-state index contributed by atoms with van der Waals surface area (Å²) in [5, 5.41) is 1.17. The van der Waals surface area contributed by atoms with Crippen LogP contribution >= 0.6 is 24.8 Å². The van der Waals surface area contributed by atoms with Crippen LogP contribution in [-0.2, 0) is 17.8 Å². The Morgan fingerprint density at radius 2 is 1.74 bits per heavy atom. The van der Waals surface area contributed by atoms with E-state index in [0.29, 0.717) is 17.1 Å². The average molecular weight is 639 g/mol. The molecule has 0 amide bonds. The van der Waals surface area contributed by atoms with Gasteiger partial charge in [-0.2, -0.15) is 13.2 Å². The first-order valence-electron chi connectivity index (χ1n) is 13.6. The summed E-state index contributed by atoms with van der Waals surface area (Å²) < 4.78 is 50.9. The normalized spacial score (nSPS) is 15.4. The number of hydrogen-bond acceptors (Lipinski definition) is 7. The van der Waals surface area contributed by atoms with E-state index < -0.39 is 18.2 Å². The maximum Gasteiger partial charge on any atom is 0.425 e. The molecule has 13 heteroatoms. The van der Waals surface area contributed by atoms with Crippen LogP contribution in [0.2, 0.25) is 0 Å². The van der Waals surface area contributed by atoms with Crippen LogP contribution in [0.5, 0.6) is 5.75 Å². The third-order valence-electron chi connectivity index (χ3n) is 7.75. The zero-order chi connectivity index (χ0) is 28.7. The van der Waals surface area contributed by atoms with E-state index >= 15 is 0 Å². The van der Waals surface area contributed by atoms with E-state index in [0.717, 1.165) is 62.8 Å². The minimum absolute atomic E-state index is 0. The second-order valence-electron chi connectivity index (χ2n) is 10.4. The van der Waals surface area contributed by atoms with Gasteiger partial charge in [-0.15, -0.1) is 24.8 Å². The van der Waals surface area contributed by atoms with Crippen molar-refractivity contribution < 1.29 is 27.4 Å². The SMILES string of the molecule is Cc1ccc2c(N3CCN(CCc4cccc5c4OCc4c(C(=O)OC(C)C(F)(F)F)ncn4-5)CC3)cccc2n1.Cl.Cl. The number of rotatable bonds is 6. The van der Waals surface area contributed by atoms with E-state index in [1.165, 1.54) is 17.4 Å². The number of nitrogens with zero attached hydrogens (tertiary/aromatic N) is 5. The Bertz CT molecular complexity index is 1610. The molecule has 4 heterocycles. The lowest BCUT2D eigenvalue weighted by molar-refractivity contribution is -0.198. The Kier molecular flexibility index (Phi) is 9.78. The Morgan fingerprint density at radius 1 is 1.02 bits per heavy atom. The summed E-state index contributed by atoms with van der Waals surface area (Å²) in [4.78, 5) is 26.0. The Labute approximate surface area is 259 Å². The van der Waals surface area contributed by atoms with Crippen molar-refractivity contribution in [3.63, 3.8) is 0 Å². The number of hydrogen-bond donors (Lipinski definition) is 0. The highest BCUT2D eigenvalue weighted by molar-refractivity contribution is 5.92. The third-order valence-corrected chi connectivity index (χ3v) is 7.75. The molecule has 2 aliphatic heterocycles. The minimum Gasteiger partial charge on any atom is -0.485 e. The fourth-order valence-electron chi connectivity index (χ4n) is 5.45. The van der Waals surface area contributed by atoms with Crippen molar-refractivity contribution in [2.75, 3.05) is 37.6 Å². The van der Waals surface area contributed by atoms with Gasteiger partial charge in [0.15, 0.2) is 11.8 Å². The standard InChI is InChI=1S/C30H30F3N5O3.2ClH/c1-19-9-10-22-23(35-19)6-4-7-24(22)37-15-13-36(14-16-37)12-11-21-5-3-8-25-28(21)40-17-26-27(34-18-38(25)26)29(39)41-20(2)30(31,32)33;;/h3-10,18,20H,11-17H2,1-2H3;2*1H. The van der Waals surface area contributed by atoms with Crippen molar-refractivity contribution in [2.45, 2.75) is 39.2 Å². The number of esters is 1. The topological polar surface area (TPSA) is 72.7 Å². The van der Waals surface area contributed by atoms with Crippen LogP contribution in [0, 0.1) is 6.92 Å². The van der Waals surface area contributed by atoms with E-state index in [1.54, 1.807) is 4.57 Å². The molecule has 0 radical (unpaired) electrons. The Hall–Kier alpha value is -3.54. The number of halogens is 5. The molecular weight excluding hydrogens is 606 g/mol. The number of imidazole rings is 1. The smallest absolute Gasteiger partial charge is 0.425 e. The van der Waals surface area contributed by atoms with E-state index in [4.69, 9.17) is 4.74 Å². The predicted octanol–water partition coefficient (Wildman–Crippen LogP) is 5.94. The molecule has 43 heavy (non-hydrogen) atoms. The van der Waals surface area contributed by atoms with Crippen LogP contribution in [0.15, 0.2) is 54.9 Å². The first kappa shape index (κ1) is 32.4. The van der Waals surface area contributed by atoms with Gasteiger partial charge >= 0.3 is 12.1 Å². The molecule has 1 unspecified atom stereocenters. The van der Waals surface area contributed by atoms with Crippen LogP contribution in [0.4, 0.5) is 18.9 Å². The first-order valence-corrected chi connectivity index (χ1v) is 13.6. The number of aryl methyl sites for hydroxylation is 1. The zero-order valence-corrected chi connectivity index (χ0v) is 25.3. The number of ether oxygens (including phenoxy) is 2. The maximum atomic E-state index is 12.9. The third kappa shape index (κ3) is 6.53. The van der Waals surface area contributed by atoms with Crippen molar-refractivity contribution in [1.29, 1.82) is 0 Å². The molecule has 1 fully saturated rings. The molecule has 0 N–H and O–H groups in total. The molecule has 1 atom stereocenters. The van der Waals surface area contributed by atoms with Crippen LogP contribution in [0.1, 0.15) is 34.4 Å². The molecule has 1 saturated heterocycles. The largest absolute Gasteiger partial charge is 0.485 e. The van der Waals surface area contributed by atoms with E-state index in [2.05, 4.69) is 54.8 Å². The fourth-order valence-corrected chi connectivity index (χ4v) is 5.45. The van der Waals surface area contributed by atoms with Gasteiger partial charge in [0.1, 0.15) is 18.7 Å². The highest BCUT2D eigenvalue weighted by atomic mass is 35.5. The molecule has 8 nitrogen and oxygen atoms in total. The predicted molar refractivity (Wildman–Crippen MR) is 162 cm³/mol. The lowest BCUT2D eigenvalue weighted by atomic mass is 10.1. The van der Waals surface area contributed by atoms with Crippen molar-refractivity contribution in [3.8, 4) is 11.4 Å². The molecule has 230 valence electrons. The van der Waals surface area contributed by atoms with Crippen molar-refractivity contribution in [1.82, 2.24) is 19.4 Å². The van der Waals surface area contributed by atoms with Crippen molar-refractivity contribution >= 4 is 47.4 Å². The van der Waals surface area contributed by atoms with Gasteiger partial charge in [0.05, 0.1) is 16.9 Å². The summed E-state index contributed by atoms with van der Waals surface area (Å²) in [5.41, 5.74) is 5.15. The Balaban J connectivity index is 0.00000212. The highest BCUT2D eigenvalue weighted by Crippen LogP contribution is 2.35. The van der Waals surface area contributed by atoms with Gasteiger partial charge in [-0.3, -0.25) is 14.5 Å². The van der Waals surface area contributed by atoms with Crippen molar-refractivity contribution in [2.24, 2.45) is 0 Å². The van der Waals surface area contributed by atoms with Crippen LogP contribution in [0.3, 0.4) is 0 Å². The minimum atomic E-state index is -4.65. The average Bonchev–Trinajstić information content (AvgIpc) is 3.40. The quantitative estimate of drug-likeness (QED) is 0.242. The summed E-state index contributed by atoms with van der Waals surface area (Å²) in [6, 6.07) is 16.3. The Morgan fingerprint density at radius 3 is 2.49 bits per heavy atom. The molecule has 0 saturated carbocycles. The van der Waals surface area contributed by atoms with Gasteiger partial charge in [-0.1, -0.05) is 18.2 Å². The van der Waals surface area contributed by atoms with Crippen LogP contribution in [-0.4, -0.2) is 70.4 Å². The molecule has 2 aromatic carbocycles. The van der Waals surface area contributed by atoms with Gasteiger partial charge < -0.3 is 14.4 Å². The molecule has 0 aliphatic carbocycles. The number of fused-ring (bicyclic) bond motifs is 4. The van der Waals surface area contributed by atoms with Gasteiger partial charge in [0.25, 0.3) is 0 Å². The molecule has 0 bridgehead atoms. The molecule has 2 aliphatic rings. The highest BCUT2D eigenvalue weighted by Gasteiger charge is 2.40. The number of carbonyl (C=O) groups excluding carboxylic acids is 1. The number of benzene rings is 2. The summed E-state index contributed by atoms with van der Waals surface area (Å²) in [7, 11) is 0. The molecular formula is C30H32Cl2F3N5O3. The fraction of sp³-hybridized carbons (Fsp3) is 0.367. The van der Waals surface area contributed by atoms with E-state index in [-0.39, 0.29) is 37.1 Å². The molecule has 2 aromatic heterocycles. The number of pyridine rings is 1. The van der Waals surface area contributed by atoms with Gasteiger partial charge in [-0.25, -0.2) is 9.78 Å². The summed E-state index contributed by atoms with van der Waals surface area (Å²) in [5.74, 6) is -0.432. The number of para-hydroxylation sites is 1. The van der Waals surface area contributed by atoms with Crippen LogP contribution in [0.25, 0.3) is 16.6 Å². The lowest BCUT2D eigenvalue weighted by Gasteiger charge is -2.36. The van der Waals surface area contributed by atoms with Crippen LogP contribution < -0.4 is 9.64 Å². The number of aromatic nitrogens is 3. The van der Waals surface area contributed by atoms with E-state index in [9.17, 15) is 18.0 Å².